The summed E-state index contributed by atoms with van der Waals surface area (Å²) < 4.78 is 7.69. The summed E-state index contributed by atoms with van der Waals surface area (Å²) >= 11 is 0. The first kappa shape index (κ1) is 21.3. The van der Waals surface area contributed by atoms with Crippen molar-refractivity contribution in [2.45, 2.75) is 51.8 Å². The summed E-state index contributed by atoms with van der Waals surface area (Å²) in [6.45, 7) is 10.9. The number of amides is 3. The van der Waals surface area contributed by atoms with Crippen LogP contribution in [-0.2, 0) is 16.3 Å². The van der Waals surface area contributed by atoms with Crippen molar-refractivity contribution in [1.29, 1.82) is 0 Å². The number of fused-ring (bicyclic) bond motifs is 1. The summed E-state index contributed by atoms with van der Waals surface area (Å²) in [5.74, 6) is 0.411. The average Bonchev–Trinajstić information content (AvgIpc) is 3.25. The molecule has 9 nitrogen and oxygen atoms in total. The van der Waals surface area contributed by atoms with Crippen LogP contribution in [0.1, 0.15) is 13.3 Å². The Morgan fingerprint density at radius 3 is 2.83 bits per heavy atom. The van der Waals surface area contributed by atoms with E-state index < -0.39 is 8.07 Å². The van der Waals surface area contributed by atoms with Crippen molar-refractivity contribution in [2.24, 2.45) is 0 Å². The highest BCUT2D eigenvalue weighted by atomic mass is 28.3. The Morgan fingerprint density at radius 2 is 2.14 bits per heavy atom. The van der Waals surface area contributed by atoms with Gasteiger partial charge in [0.15, 0.2) is 11.5 Å². The summed E-state index contributed by atoms with van der Waals surface area (Å²) in [6, 6.07) is 2.58. The van der Waals surface area contributed by atoms with Gasteiger partial charge in [0, 0.05) is 46.9 Å². The van der Waals surface area contributed by atoms with E-state index in [4.69, 9.17) is 4.74 Å². The van der Waals surface area contributed by atoms with Gasteiger partial charge in [0.05, 0.1) is 6.20 Å². The molecule has 1 fully saturated rings. The van der Waals surface area contributed by atoms with Crippen LogP contribution in [0.25, 0.3) is 11.2 Å². The molecule has 158 valence electrons. The number of nitrogens with zero attached hydrogens (tertiary/aromatic N) is 4. The highest BCUT2D eigenvalue weighted by Crippen LogP contribution is 2.15. The predicted molar refractivity (Wildman–Crippen MR) is 114 cm³/mol. The maximum absolute atomic E-state index is 12.2. The maximum atomic E-state index is 12.2. The largest absolute Gasteiger partial charge is 0.361 e. The van der Waals surface area contributed by atoms with Crippen molar-refractivity contribution in [3.05, 3.63) is 18.5 Å². The van der Waals surface area contributed by atoms with Crippen LogP contribution in [0.3, 0.4) is 0 Å². The number of hydrogen-bond acceptors (Lipinski definition) is 5. The lowest BCUT2D eigenvalue weighted by molar-refractivity contribution is -0.127. The number of rotatable bonds is 7. The molecule has 0 spiro atoms. The topological polar surface area (TPSA) is 101 Å². The average molecular weight is 419 g/mol. The Kier molecular flexibility index (Phi) is 6.53. The number of urea groups is 1. The molecule has 2 aromatic rings. The number of carbonyl (C=O) groups is 2. The molecule has 3 heterocycles. The van der Waals surface area contributed by atoms with Crippen LogP contribution in [0.15, 0.2) is 18.5 Å². The number of nitrogens with one attached hydrogen (secondary N) is 2. The van der Waals surface area contributed by atoms with Crippen LogP contribution in [0.2, 0.25) is 25.7 Å². The summed E-state index contributed by atoms with van der Waals surface area (Å²) in [6.07, 6.45) is 4.17. The normalized spacial score (nSPS) is 17.0. The molecule has 0 aromatic carbocycles. The number of hydrogen-bond donors (Lipinski definition) is 2. The van der Waals surface area contributed by atoms with Gasteiger partial charge in [-0.05, 0) is 18.5 Å². The zero-order chi connectivity index (χ0) is 21.0. The van der Waals surface area contributed by atoms with Crippen LogP contribution in [0, 0.1) is 0 Å². The molecule has 3 rings (SSSR count). The molecule has 29 heavy (non-hydrogen) atoms. The Morgan fingerprint density at radius 1 is 1.34 bits per heavy atom. The summed E-state index contributed by atoms with van der Waals surface area (Å²) in [7, 11) is -1.11. The van der Waals surface area contributed by atoms with Gasteiger partial charge in [-0.1, -0.05) is 19.6 Å². The van der Waals surface area contributed by atoms with Gasteiger partial charge in [0.25, 0.3) is 0 Å². The molecule has 0 radical (unpaired) electrons. The third-order valence-corrected chi connectivity index (χ3v) is 6.60. The van der Waals surface area contributed by atoms with Crippen LogP contribution in [-0.4, -0.2) is 65.2 Å². The standard InChI is InChI=1S/C19H30N6O3Si/c1-14(26)24-7-5-15(12-24)21-19(27)23-17-11-20-18-16(22-17)6-8-25(18)13-28-9-10-29(2,3)4/h6,8,11,15H,5,7,9-10,12-13H2,1-4H3,(H2,21,22,23,27). The first-order valence-corrected chi connectivity index (χ1v) is 13.6. The molecule has 1 unspecified atom stereocenters. The van der Waals surface area contributed by atoms with E-state index in [0.29, 0.717) is 31.2 Å². The van der Waals surface area contributed by atoms with Crippen LogP contribution >= 0.6 is 0 Å². The van der Waals surface area contributed by atoms with Crippen molar-refractivity contribution in [2.75, 3.05) is 25.0 Å². The Balaban J connectivity index is 1.52. The van der Waals surface area contributed by atoms with E-state index in [9.17, 15) is 9.59 Å². The van der Waals surface area contributed by atoms with Crippen LogP contribution < -0.4 is 10.6 Å². The quantitative estimate of drug-likeness (QED) is 0.531. The number of ether oxygens (including phenoxy) is 1. The lowest BCUT2D eigenvalue weighted by Gasteiger charge is -2.16. The molecule has 0 bridgehead atoms. The number of anilines is 1. The lowest BCUT2D eigenvalue weighted by atomic mass is 10.3. The molecule has 1 aliphatic heterocycles. The molecule has 0 saturated carbocycles. The molecule has 1 saturated heterocycles. The number of likely N-dealkylation sites (tertiary alicyclic amines) is 1. The molecule has 0 aliphatic carbocycles. The summed E-state index contributed by atoms with van der Waals surface area (Å²) in [5, 5.41) is 5.60. The van der Waals surface area contributed by atoms with Crippen molar-refractivity contribution in [3.63, 3.8) is 0 Å². The van der Waals surface area contributed by atoms with Crippen molar-refractivity contribution in [3.8, 4) is 0 Å². The van der Waals surface area contributed by atoms with E-state index in [1.807, 2.05) is 16.8 Å². The Labute approximate surface area is 171 Å². The van der Waals surface area contributed by atoms with E-state index in [1.165, 1.54) is 13.1 Å². The number of aromatic nitrogens is 3. The minimum absolute atomic E-state index is 0.0278. The maximum Gasteiger partial charge on any atom is 0.320 e. The fourth-order valence-corrected chi connectivity index (χ4v) is 3.93. The van der Waals surface area contributed by atoms with Gasteiger partial charge in [-0.3, -0.25) is 10.1 Å². The fraction of sp³-hybridized carbons (Fsp3) is 0.579. The minimum atomic E-state index is -1.11. The van der Waals surface area contributed by atoms with Crippen LogP contribution in [0.5, 0.6) is 0 Å². The molecule has 1 aliphatic rings. The zero-order valence-corrected chi connectivity index (χ0v) is 18.6. The van der Waals surface area contributed by atoms with Gasteiger partial charge in [-0.15, -0.1) is 0 Å². The molecular formula is C19H30N6O3Si. The smallest absolute Gasteiger partial charge is 0.320 e. The highest BCUT2D eigenvalue weighted by molar-refractivity contribution is 6.76. The van der Waals surface area contributed by atoms with E-state index in [2.05, 4.69) is 40.2 Å². The SMILES string of the molecule is CC(=O)N1CCC(NC(=O)Nc2cnc3c(ccn3COCC[Si](C)(C)C)n2)C1. The van der Waals surface area contributed by atoms with Crippen molar-refractivity contribution < 1.29 is 14.3 Å². The zero-order valence-electron chi connectivity index (χ0n) is 17.6. The molecule has 2 aromatic heterocycles. The summed E-state index contributed by atoms with van der Waals surface area (Å²) in [4.78, 5) is 34.2. The van der Waals surface area contributed by atoms with Crippen molar-refractivity contribution in [1.82, 2.24) is 24.8 Å². The van der Waals surface area contributed by atoms with Crippen molar-refractivity contribution >= 4 is 37.0 Å². The van der Waals surface area contributed by atoms with Gasteiger partial charge in [0.2, 0.25) is 5.91 Å². The van der Waals surface area contributed by atoms with Gasteiger partial charge in [-0.25, -0.2) is 14.8 Å². The van der Waals surface area contributed by atoms with E-state index in [0.717, 1.165) is 24.7 Å². The second kappa shape index (κ2) is 8.91. The first-order chi connectivity index (χ1) is 13.7. The van der Waals surface area contributed by atoms with E-state index in [1.54, 1.807) is 4.90 Å². The monoisotopic (exact) mass is 418 g/mol. The predicted octanol–water partition coefficient (Wildman–Crippen LogP) is 2.49. The molecule has 3 amide bonds. The molecule has 10 heteroatoms. The number of carbonyl (C=O) groups excluding carboxylic acids is 2. The molecule has 2 N–H and O–H groups in total. The molecular weight excluding hydrogens is 388 g/mol. The Hall–Kier alpha value is -2.46. The third kappa shape index (κ3) is 6.01. The summed E-state index contributed by atoms with van der Waals surface area (Å²) in [5.41, 5.74) is 1.41. The van der Waals surface area contributed by atoms with Gasteiger partial charge in [-0.2, -0.15) is 0 Å². The van der Waals surface area contributed by atoms with E-state index >= 15 is 0 Å². The highest BCUT2D eigenvalue weighted by Gasteiger charge is 2.25. The van der Waals surface area contributed by atoms with Gasteiger partial charge < -0.3 is 19.5 Å². The lowest BCUT2D eigenvalue weighted by Crippen LogP contribution is -2.40. The minimum Gasteiger partial charge on any atom is -0.361 e. The van der Waals surface area contributed by atoms with Crippen LogP contribution in [0.4, 0.5) is 10.6 Å². The van der Waals surface area contributed by atoms with Gasteiger partial charge in [0.1, 0.15) is 12.2 Å². The third-order valence-electron chi connectivity index (χ3n) is 4.90. The molecule has 1 atom stereocenters. The van der Waals surface area contributed by atoms with E-state index in [-0.39, 0.29) is 18.0 Å². The van der Waals surface area contributed by atoms with Gasteiger partial charge >= 0.3 is 6.03 Å². The second-order valence-corrected chi connectivity index (χ2v) is 14.3. The fourth-order valence-electron chi connectivity index (χ4n) is 3.17. The second-order valence-electron chi connectivity index (χ2n) is 8.65. The first-order valence-electron chi connectivity index (χ1n) is 9.94. The Bertz CT molecular complexity index is 878.